The maximum Gasteiger partial charge on any atom is 0.435 e. The number of aliphatic carboxylic acids is 1. The normalized spacial score (nSPS) is 12.7. The Kier molecular flexibility index (Phi) is 5.28. The van der Waals surface area contributed by atoms with Crippen LogP contribution in [0.15, 0.2) is 24.3 Å². The highest BCUT2D eigenvalue weighted by atomic mass is 19.4. The average molecular weight is 374 g/mol. The number of aromatic nitrogens is 3. The standard InChI is InChI=1S/C15H14F4N4O3/c1-8(14(25)26)7-22(2)13(24)11-12(15(17,18)19)23(21-20-11)10-6-4-3-5-9(10)16/h3-6,8H,7H2,1-2H3,(H,25,26). The predicted octanol–water partition coefficient (Wildman–Crippen LogP) is 2.22. The molecule has 1 aromatic carbocycles. The molecule has 1 amide bonds. The summed E-state index contributed by atoms with van der Waals surface area (Å²) in [6, 6.07) is 4.60. The first kappa shape index (κ1) is 19.3. The number of rotatable bonds is 5. The molecule has 2 aromatic rings. The lowest BCUT2D eigenvalue weighted by Crippen LogP contribution is -2.35. The van der Waals surface area contributed by atoms with E-state index in [4.69, 9.17) is 5.11 Å². The molecule has 0 saturated heterocycles. The average Bonchev–Trinajstić information content (AvgIpc) is 2.99. The van der Waals surface area contributed by atoms with Crippen molar-refractivity contribution in [3.05, 3.63) is 41.5 Å². The highest BCUT2D eigenvalue weighted by Crippen LogP contribution is 2.33. The highest BCUT2D eigenvalue weighted by molar-refractivity contribution is 5.93. The molecule has 1 unspecified atom stereocenters. The molecule has 0 aliphatic carbocycles. The summed E-state index contributed by atoms with van der Waals surface area (Å²) in [5.74, 6) is -4.36. The van der Waals surface area contributed by atoms with E-state index in [0.717, 1.165) is 24.1 Å². The monoisotopic (exact) mass is 374 g/mol. The van der Waals surface area contributed by atoms with E-state index in [1.807, 2.05) is 0 Å². The van der Waals surface area contributed by atoms with Crippen LogP contribution in [0.2, 0.25) is 0 Å². The summed E-state index contributed by atoms with van der Waals surface area (Å²) in [5, 5.41) is 15.4. The summed E-state index contributed by atoms with van der Waals surface area (Å²) in [6.45, 7) is 0.963. The molecule has 0 aliphatic rings. The van der Waals surface area contributed by atoms with E-state index in [1.165, 1.54) is 19.1 Å². The first-order valence-corrected chi connectivity index (χ1v) is 7.30. The third-order valence-corrected chi connectivity index (χ3v) is 3.54. The number of hydrogen-bond acceptors (Lipinski definition) is 4. The molecule has 1 aromatic heterocycles. The fourth-order valence-electron chi connectivity index (χ4n) is 2.22. The first-order chi connectivity index (χ1) is 12.0. The summed E-state index contributed by atoms with van der Waals surface area (Å²) in [4.78, 5) is 24.0. The molecule has 1 heterocycles. The summed E-state index contributed by atoms with van der Waals surface area (Å²) >= 11 is 0. The molecule has 0 radical (unpaired) electrons. The third kappa shape index (κ3) is 3.81. The van der Waals surface area contributed by atoms with Crippen LogP contribution in [0.1, 0.15) is 23.1 Å². The van der Waals surface area contributed by atoms with Crippen molar-refractivity contribution in [2.75, 3.05) is 13.6 Å². The van der Waals surface area contributed by atoms with Crippen LogP contribution in [-0.2, 0) is 11.0 Å². The number of halogens is 4. The Morgan fingerprint density at radius 3 is 2.46 bits per heavy atom. The second-order valence-electron chi connectivity index (χ2n) is 5.57. The molecular weight excluding hydrogens is 360 g/mol. The Morgan fingerprint density at radius 2 is 1.92 bits per heavy atom. The molecule has 1 atom stereocenters. The van der Waals surface area contributed by atoms with Gasteiger partial charge in [0, 0.05) is 13.6 Å². The number of nitrogens with zero attached hydrogens (tertiary/aromatic N) is 4. The van der Waals surface area contributed by atoms with Crippen molar-refractivity contribution in [3.8, 4) is 5.69 Å². The van der Waals surface area contributed by atoms with E-state index in [0.29, 0.717) is 0 Å². The second kappa shape index (κ2) is 7.10. The van der Waals surface area contributed by atoms with Crippen molar-refractivity contribution < 1.29 is 32.3 Å². The zero-order chi connectivity index (χ0) is 19.6. The fourth-order valence-corrected chi connectivity index (χ4v) is 2.22. The Labute approximate surface area is 144 Å². The molecule has 0 saturated carbocycles. The van der Waals surface area contributed by atoms with Gasteiger partial charge in [0.05, 0.1) is 5.92 Å². The Bertz CT molecular complexity index is 835. The maximum absolute atomic E-state index is 13.9. The van der Waals surface area contributed by atoms with Gasteiger partial charge in [-0.1, -0.05) is 24.3 Å². The minimum absolute atomic E-state index is 0.205. The van der Waals surface area contributed by atoms with Crippen LogP contribution in [0.25, 0.3) is 5.69 Å². The van der Waals surface area contributed by atoms with Crippen LogP contribution in [-0.4, -0.2) is 50.5 Å². The molecule has 2 rings (SSSR count). The number of hydrogen-bond donors (Lipinski definition) is 1. The van der Waals surface area contributed by atoms with Crippen molar-refractivity contribution in [1.82, 2.24) is 19.9 Å². The van der Waals surface area contributed by atoms with Gasteiger partial charge < -0.3 is 10.0 Å². The number of carboxylic acid groups (broad SMARTS) is 1. The zero-order valence-corrected chi connectivity index (χ0v) is 13.7. The largest absolute Gasteiger partial charge is 0.481 e. The van der Waals surface area contributed by atoms with Crippen molar-refractivity contribution in [1.29, 1.82) is 0 Å². The summed E-state index contributed by atoms with van der Waals surface area (Å²) in [7, 11) is 1.14. The van der Waals surface area contributed by atoms with Crippen LogP contribution in [0.4, 0.5) is 17.6 Å². The summed E-state index contributed by atoms with van der Waals surface area (Å²) in [6.07, 6.45) is -5.05. The smallest absolute Gasteiger partial charge is 0.435 e. The Morgan fingerprint density at radius 1 is 1.31 bits per heavy atom. The zero-order valence-electron chi connectivity index (χ0n) is 13.7. The number of alkyl halides is 3. The van der Waals surface area contributed by atoms with Crippen LogP contribution in [0.3, 0.4) is 0 Å². The van der Waals surface area contributed by atoms with E-state index < -0.39 is 46.9 Å². The summed E-state index contributed by atoms with van der Waals surface area (Å²) in [5.41, 5.74) is -3.10. The quantitative estimate of drug-likeness (QED) is 0.811. The van der Waals surface area contributed by atoms with Crippen molar-refractivity contribution in [3.63, 3.8) is 0 Å². The van der Waals surface area contributed by atoms with Gasteiger partial charge in [-0.05, 0) is 12.1 Å². The number of amides is 1. The van der Waals surface area contributed by atoms with Crippen LogP contribution < -0.4 is 0 Å². The minimum atomic E-state index is -5.05. The molecular formula is C15H14F4N4O3. The van der Waals surface area contributed by atoms with E-state index >= 15 is 0 Å². The third-order valence-electron chi connectivity index (χ3n) is 3.54. The van der Waals surface area contributed by atoms with Gasteiger partial charge in [-0.2, -0.15) is 13.2 Å². The SMILES string of the molecule is CC(CN(C)C(=O)c1nnn(-c2ccccc2F)c1C(F)(F)F)C(=O)O. The molecule has 0 aliphatic heterocycles. The van der Waals surface area contributed by atoms with Crippen LogP contribution in [0, 0.1) is 11.7 Å². The molecule has 0 fully saturated rings. The lowest BCUT2D eigenvalue weighted by atomic mass is 10.1. The van der Waals surface area contributed by atoms with E-state index in [9.17, 15) is 27.2 Å². The lowest BCUT2D eigenvalue weighted by Gasteiger charge is -2.19. The lowest BCUT2D eigenvalue weighted by molar-refractivity contribution is -0.144. The first-order valence-electron chi connectivity index (χ1n) is 7.30. The van der Waals surface area contributed by atoms with Gasteiger partial charge in [0.25, 0.3) is 5.91 Å². The molecule has 140 valence electrons. The molecule has 0 bridgehead atoms. The van der Waals surface area contributed by atoms with Gasteiger partial charge >= 0.3 is 12.1 Å². The molecule has 1 N–H and O–H groups in total. The van der Waals surface area contributed by atoms with E-state index in [2.05, 4.69) is 10.3 Å². The van der Waals surface area contributed by atoms with E-state index in [1.54, 1.807) is 0 Å². The van der Waals surface area contributed by atoms with Crippen LogP contribution >= 0.6 is 0 Å². The molecule has 0 spiro atoms. The van der Waals surface area contributed by atoms with Gasteiger partial charge in [0.1, 0.15) is 11.5 Å². The van der Waals surface area contributed by atoms with E-state index in [-0.39, 0.29) is 11.2 Å². The maximum atomic E-state index is 13.9. The topological polar surface area (TPSA) is 88.3 Å². The fraction of sp³-hybridized carbons (Fsp3) is 0.333. The van der Waals surface area contributed by atoms with Crippen molar-refractivity contribution in [2.24, 2.45) is 5.92 Å². The van der Waals surface area contributed by atoms with Gasteiger partial charge in [-0.15, -0.1) is 5.10 Å². The second-order valence-corrected chi connectivity index (χ2v) is 5.57. The predicted molar refractivity (Wildman–Crippen MR) is 80.1 cm³/mol. The minimum Gasteiger partial charge on any atom is -0.481 e. The number of para-hydroxylation sites is 1. The summed E-state index contributed by atoms with van der Waals surface area (Å²) < 4.78 is 54.5. The number of benzene rings is 1. The van der Waals surface area contributed by atoms with Gasteiger partial charge in [0.15, 0.2) is 11.4 Å². The van der Waals surface area contributed by atoms with Gasteiger partial charge in [-0.25, -0.2) is 9.07 Å². The van der Waals surface area contributed by atoms with Crippen molar-refractivity contribution >= 4 is 11.9 Å². The van der Waals surface area contributed by atoms with Crippen LogP contribution in [0.5, 0.6) is 0 Å². The van der Waals surface area contributed by atoms with Gasteiger partial charge in [-0.3, -0.25) is 9.59 Å². The number of carboxylic acids is 1. The highest BCUT2D eigenvalue weighted by Gasteiger charge is 2.43. The molecule has 11 heteroatoms. The van der Waals surface area contributed by atoms with Crippen molar-refractivity contribution in [2.45, 2.75) is 13.1 Å². The van der Waals surface area contributed by atoms with Gasteiger partial charge in [0.2, 0.25) is 0 Å². The Balaban J connectivity index is 2.49. The number of carbonyl (C=O) groups excluding carboxylic acids is 1. The number of carbonyl (C=O) groups is 2. The Hall–Kier alpha value is -2.98. The molecule has 26 heavy (non-hydrogen) atoms. The molecule has 7 nitrogen and oxygen atoms in total.